The zero-order valence-electron chi connectivity index (χ0n) is 13.4. The summed E-state index contributed by atoms with van der Waals surface area (Å²) in [5, 5.41) is 0.191. The van der Waals surface area contributed by atoms with Crippen molar-refractivity contribution in [2.45, 2.75) is 30.7 Å². The first-order chi connectivity index (χ1) is 11.2. The Kier molecular flexibility index (Phi) is 6.50. The van der Waals surface area contributed by atoms with E-state index in [2.05, 4.69) is 0 Å². The predicted molar refractivity (Wildman–Crippen MR) is 94.7 cm³/mol. The van der Waals surface area contributed by atoms with Gasteiger partial charge in [-0.05, 0) is 25.5 Å². The summed E-state index contributed by atoms with van der Waals surface area (Å²) in [5.74, 6) is 0.000115. The second kappa shape index (κ2) is 8.01. The number of halogens is 2. The third-order valence-corrected chi connectivity index (χ3v) is 6.78. The largest absolute Gasteiger partial charge is 0.340 e. The number of sulfonamides is 1. The molecule has 2 rings (SSSR count). The summed E-state index contributed by atoms with van der Waals surface area (Å²) in [6.45, 7) is 2.98. The van der Waals surface area contributed by atoms with Crippen LogP contribution in [-0.2, 0) is 14.8 Å². The molecule has 0 bridgehead atoms. The summed E-state index contributed by atoms with van der Waals surface area (Å²) < 4.78 is 26.8. The van der Waals surface area contributed by atoms with E-state index in [0.717, 1.165) is 0 Å². The minimum atomic E-state index is -3.79. The van der Waals surface area contributed by atoms with Crippen LogP contribution in [-0.4, -0.2) is 55.8 Å². The van der Waals surface area contributed by atoms with E-state index in [1.54, 1.807) is 11.0 Å². The Balaban J connectivity index is 2.05. The van der Waals surface area contributed by atoms with E-state index in [1.165, 1.54) is 16.4 Å². The molecular weight excluding hydrogens is 373 g/mol. The van der Waals surface area contributed by atoms with Gasteiger partial charge in [0.25, 0.3) is 0 Å². The van der Waals surface area contributed by atoms with Crippen LogP contribution in [0.15, 0.2) is 23.1 Å². The highest BCUT2D eigenvalue weighted by atomic mass is 35.5. The maximum absolute atomic E-state index is 12.8. The summed E-state index contributed by atoms with van der Waals surface area (Å²) in [7, 11) is -3.79. The first-order valence-corrected chi connectivity index (χ1v) is 9.90. The van der Waals surface area contributed by atoms with E-state index < -0.39 is 10.0 Å². The number of hydrogen-bond donors (Lipinski definition) is 1. The molecule has 0 spiro atoms. The Morgan fingerprint density at radius 1 is 1.21 bits per heavy atom. The summed E-state index contributed by atoms with van der Waals surface area (Å²) in [6, 6.07) is 4.55. The number of carbonyl (C=O) groups excluding carboxylic acids is 1. The number of benzene rings is 1. The Morgan fingerprint density at radius 3 is 2.25 bits per heavy atom. The van der Waals surface area contributed by atoms with Crippen molar-refractivity contribution in [1.82, 2.24) is 9.21 Å². The Bertz CT molecular complexity index is 682. The Morgan fingerprint density at radius 2 is 1.75 bits per heavy atom. The summed E-state index contributed by atoms with van der Waals surface area (Å²) >= 11 is 12.0. The van der Waals surface area contributed by atoms with Crippen LogP contribution in [0, 0.1) is 0 Å². The molecule has 1 atom stereocenters. The molecule has 1 aliphatic rings. The molecule has 1 aliphatic heterocycles. The maximum Gasteiger partial charge on any atom is 0.246 e. The zero-order chi connectivity index (χ0) is 17.9. The Hall–Kier alpha value is -0.860. The van der Waals surface area contributed by atoms with Gasteiger partial charge in [0.1, 0.15) is 4.90 Å². The lowest BCUT2D eigenvalue weighted by Gasteiger charge is -2.34. The van der Waals surface area contributed by atoms with Crippen molar-refractivity contribution in [2.75, 3.05) is 26.2 Å². The Labute approximate surface area is 152 Å². The van der Waals surface area contributed by atoms with Gasteiger partial charge in [0, 0.05) is 38.6 Å². The van der Waals surface area contributed by atoms with E-state index in [9.17, 15) is 13.2 Å². The number of amides is 1. The number of hydrogen-bond acceptors (Lipinski definition) is 4. The molecule has 1 aromatic rings. The molecule has 2 N–H and O–H groups in total. The number of nitrogens with zero attached hydrogens (tertiary/aromatic N) is 2. The van der Waals surface area contributed by atoms with E-state index in [-0.39, 0.29) is 40.0 Å². The summed E-state index contributed by atoms with van der Waals surface area (Å²) in [4.78, 5) is 13.7. The minimum absolute atomic E-state index is 0.000115. The highest BCUT2D eigenvalue weighted by Crippen LogP contribution is 2.31. The van der Waals surface area contributed by atoms with Crippen molar-refractivity contribution in [3.8, 4) is 0 Å². The van der Waals surface area contributed by atoms with Crippen LogP contribution in [0.5, 0.6) is 0 Å². The monoisotopic (exact) mass is 393 g/mol. The maximum atomic E-state index is 12.8. The van der Waals surface area contributed by atoms with E-state index in [4.69, 9.17) is 28.9 Å². The predicted octanol–water partition coefficient (Wildman–Crippen LogP) is 1.95. The van der Waals surface area contributed by atoms with Crippen LogP contribution in [0.2, 0.25) is 10.0 Å². The highest BCUT2D eigenvalue weighted by Gasteiger charge is 2.32. The van der Waals surface area contributed by atoms with Crippen molar-refractivity contribution in [1.29, 1.82) is 0 Å². The quantitative estimate of drug-likeness (QED) is 0.828. The second-order valence-corrected chi connectivity index (χ2v) is 8.54. The second-order valence-electron chi connectivity index (χ2n) is 5.85. The molecule has 1 heterocycles. The third kappa shape index (κ3) is 4.40. The molecule has 6 nitrogen and oxygen atoms in total. The fourth-order valence-electron chi connectivity index (χ4n) is 2.55. The fourth-order valence-corrected chi connectivity index (χ4v) is 5.06. The lowest BCUT2D eigenvalue weighted by molar-refractivity contribution is -0.132. The number of nitrogens with two attached hydrogens (primary N) is 1. The van der Waals surface area contributed by atoms with Gasteiger partial charge in [-0.15, -0.1) is 0 Å². The standard InChI is InChI=1S/C15H21Cl2N3O3S/c1-11(18)5-6-14(21)19-7-9-20(10-8-19)24(22,23)15-12(16)3-2-4-13(15)17/h2-4,11H,5-10,18H2,1H3. The van der Waals surface area contributed by atoms with Gasteiger partial charge in [0.05, 0.1) is 10.0 Å². The molecule has 0 aromatic heterocycles. The fraction of sp³-hybridized carbons (Fsp3) is 0.533. The zero-order valence-corrected chi connectivity index (χ0v) is 15.7. The van der Waals surface area contributed by atoms with Crippen molar-refractivity contribution < 1.29 is 13.2 Å². The number of carbonyl (C=O) groups is 1. The summed E-state index contributed by atoms with van der Waals surface area (Å²) in [6.07, 6.45) is 0.993. The third-order valence-electron chi connectivity index (χ3n) is 3.92. The molecule has 9 heteroatoms. The highest BCUT2D eigenvalue weighted by molar-refractivity contribution is 7.89. The van der Waals surface area contributed by atoms with Gasteiger partial charge >= 0.3 is 0 Å². The summed E-state index contributed by atoms with van der Waals surface area (Å²) in [5.41, 5.74) is 5.66. The first-order valence-electron chi connectivity index (χ1n) is 7.71. The van der Waals surface area contributed by atoms with Crippen LogP contribution < -0.4 is 5.73 Å². The normalized spacial score (nSPS) is 17.8. The van der Waals surface area contributed by atoms with Crippen molar-refractivity contribution in [3.05, 3.63) is 28.2 Å². The molecule has 1 amide bonds. The molecule has 0 saturated carbocycles. The molecule has 24 heavy (non-hydrogen) atoms. The van der Waals surface area contributed by atoms with Crippen LogP contribution in [0.1, 0.15) is 19.8 Å². The van der Waals surface area contributed by atoms with Gasteiger partial charge < -0.3 is 10.6 Å². The van der Waals surface area contributed by atoms with Gasteiger partial charge in [0.15, 0.2) is 0 Å². The molecular formula is C15H21Cl2N3O3S. The molecule has 134 valence electrons. The van der Waals surface area contributed by atoms with Crippen LogP contribution in [0.4, 0.5) is 0 Å². The average molecular weight is 394 g/mol. The van der Waals surface area contributed by atoms with Crippen molar-refractivity contribution >= 4 is 39.1 Å². The van der Waals surface area contributed by atoms with Gasteiger partial charge in [-0.2, -0.15) is 4.31 Å². The van der Waals surface area contributed by atoms with E-state index in [0.29, 0.717) is 25.9 Å². The van der Waals surface area contributed by atoms with Crippen LogP contribution >= 0.6 is 23.2 Å². The van der Waals surface area contributed by atoms with Gasteiger partial charge in [-0.3, -0.25) is 4.79 Å². The van der Waals surface area contributed by atoms with E-state index >= 15 is 0 Å². The van der Waals surface area contributed by atoms with Crippen LogP contribution in [0.3, 0.4) is 0 Å². The molecule has 1 fully saturated rings. The van der Waals surface area contributed by atoms with Gasteiger partial charge in [0.2, 0.25) is 15.9 Å². The molecule has 1 unspecified atom stereocenters. The topological polar surface area (TPSA) is 83.7 Å². The average Bonchev–Trinajstić information content (AvgIpc) is 2.52. The van der Waals surface area contributed by atoms with Crippen molar-refractivity contribution in [3.63, 3.8) is 0 Å². The van der Waals surface area contributed by atoms with E-state index in [1.807, 2.05) is 6.92 Å². The lowest BCUT2D eigenvalue weighted by Crippen LogP contribution is -2.50. The lowest BCUT2D eigenvalue weighted by atomic mass is 10.2. The minimum Gasteiger partial charge on any atom is -0.340 e. The van der Waals surface area contributed by atoms with Gasteiger partial charge in [-0.25, -0.2) is 8.42 Å². The smallest absolute Gasteiger partial charge is 0.246 e. The molecule has 0 radical (unpaired) electrons. The molecule has 1 saturated heterocycles. The van der Waals surface area contributed by atoms with Crippen molar-refractivity contribution in [2.24, 2.45) is 5.73 Å². The number of rotatable bonds is 5. The van der Waals surface area contributed by atoms with Crippen LogP contribution in [0.25, 0.3) is 0 Å². The SMILES string of the molecule is CC(N)CCC(=O)N1CCN(S(=O)(=O)c2c(Cl)cccc2Cl)CC1. The number of piperazine rings is 1. The molecule has 0 aliphatic carbocycles. The molecule has 1 aromatic carbocycles. The first kappa shape index (κ1) is 19.5. The van der Waals surface area contributed by atoms with Gasteiger partial charge in [-0.1, -0.05) is 29.3 Å².